The third-order valence-electron chi connectivity index (χ3n) is 6.36. The number of hydrogen-bond acceptors (Lipinski definition) is 3. The summed E-state index contributed by atoms with van der Waals surface area (Å²) in [5.74, 6) is 5.80. The third kappa shape index (κ3) is 2.45. The Bertz CT molecular complexity index is 388. The van der Waals surface area contributed by atoms with Gasteiger partial charge in [0.1, 0.15) is 5.78 Å². The van der Waals surface area contributed by atoms with E-state index in [1.165, 1.54) is 31.4 Å². The Hall–Kier alpha value is -0.0200. The minimum absolute atomic E-state index is 0.0674. The van der Waals surface area contributed by atoms with E-state index in [9.17, 15) is 4.79 Å². The average molecular weight is 294 g/mol. The molecule has 5 unspecified atom stereocenters. The minimum Gasteiger partial charge on any atom is -0.374 e. The van der Waals surface area contributed by atoms with Crippen LogP contribution in [0.4, 0.5) is 0 Å². The summed E-state index contributed by atoms with van der Waals surface area (Å²) in [6, 6.07) is 0. The van der Waals surface area contributed by atoms with E-state index in [4.69, 9.17) is 4.74 Å². The quantitative estimate of drug-likeness (QED) is 0.794. The first-order chi connectivity index (χ1) is 9.74. The van der Waals surface area contributed by atoms with Crippen LogP contribution in [0, 0.1) is 23.7 Å². The van der Waals surface area contributed by atoms with Gasteiger partial charge in [-0.3, -0.25) is 4.79 Å². The largest absolute Gasteiger partial charge is 0.374 e. The molecule has 5 atom stereocenters. The van der Waals surface area contributed by atoms with Gasteiger partial charge in [0.15, 0.2) is 0 Å². The lowest BCUT2D eigenvalue weighted by Gasteiger charge is -2.37. The van der Waals surface area contributed by atoms with Gasteiger partial charge >= 0.3 is 0 Å². The lowest BCUT2D eigenvalue weighted by Crippen LogP contribution is -2.42. The van der Waals surface area contributed by atoms with Crippen molar-refractivity contribution in [2.24, 2.45) is 23.7 Å². The molecule has 4 fully saturated rings. The maximum absolute atomic E-state index is 12.7. The molecular weight excluding hydrogens is 268 g/mol. The summed E-state index contributed by atoms with van der Waals surface area (Å²) < 4.78 is 6.05. The molecular formula is C17H26O2S. The summed E-state index contributed by atoms with van der Waals surface area (Å²) in [4.78, 5) is 12.7. The maximum atomic E-state index is 12.7. The Balaban J connectivity index is 1.36. The number of thioether (sulfide) groups is 1. The molecule has 0 aromatic carbocycles. The lowest BCUT2D eigenvalue weighted by atomic mass is 9.78. The van der Waals surface area contributed by atoms with Crippen LogP contribution in [0.25, 0.3) is 0 Å². The molecule has 20 heavy (non-hydrogen) atoms. The van der Waals surface area contributed by atoms with Crippen LogP contribution in [0.1, 0.15) is 51.4 Å². The van der Waals surface area contributed by atoms with Crippen molar-refractivity contribution in [3.8, 4) is 0 Å². The molecule has 1 spiro atoms. The van der Waals surface area contributed by atoms with E-state index in [0.29, 0.717) is 11.7 Å². The number of fused-ring (bicyclic) bond motifs is 2. The van der Waals surface area contributed by atoms with Gasteiger partial charge in [-0.25, -0.2) is 0 Å². The van der Waals surface area contributed by atoms with Crippen molar-refractivity contribution in [1.29, 1.82) is 0 Å². The molecule has 2 aliphatic heterocycles. The first-order valence-corrected chi connectivity index (χ1v) is 9.64. The molecule has 2 saturated carbocycles. The Kier molecular flexibility index (Phi) is 3.62. The van der Waals surface area contributed by atoms with Crippen molar-refractivity contribution < 1.29 is 9.53 Å². The van der Waals surface area contributed by atoms with Crippen LogP contribution in [-0.4, -0.2) is 29.5 Å². The molecule has 2 bridgehead atoms. The van der Waals surface area contributed by atoms with Gasteiger partial charge in [0, 0.05) is 24.7 Å². The Morgan fingerprint density at radius 2 is 2.20 bits per heavy atom. The van der Waals surface area contributed by atoms with E-state index in [-0.39, 0.29) is 5.60 Å². The van der Waals surface area contributed by atoms with Crippen molar-refractivity contribution in [2.75, 3.05) is 18.1 Å². The van der Waals surface area contributed by atoms with E-state index in [1.807, 2.05) is 11.8 Å². The molecule has 3 heteroatoms. The second kappa shape index (κ2) is 5.31. The van der Waals surface area contributed by atoms with Gasteiger partial charge in [-0.05, 0) is 62.0 Å². The number of carbonyl (C=O) groups excluding carboxylic acids is 1. The monoisotopic (exact) mass is 294 g/mol. The molecule has 0 N–H and O–H groups in total. The standard InChI is InChI=1S/C17H26O2S/c18-16(9-15-8-12-1-2-13(15)7-12)14-3-5-19-17(10-14)4-6-20-11-17/h12-15H,1-11H2. The van der Waals surface area contributed by atoms with E-state index in [0.717, 1.165) is 55.8 Å². The molecule has 0 amide bonds. The van der Waals surface area contributed by atoms with Crippen molar-refractivity contribution >= 4 is 17.5 Å². The first-order valence-electron chi connectivity index (χ1n) is 8.48. The average Bonchev–Trinajstić information content (AvgIpc) is 3.16. The van der Waals surface area contributed by atoms with Gasteiger partial charge in [-0.2, -0.15) is 11.8 Å². The molecule has 4 aliphatic rings. The topological polar surface area (TPSA) is 26.3 Å². The molecule has 2 heterocycles. The number of hydrogen-bond donors (Lipinski definition) is 0. The zero-order valence-corrected chi connectivity index (χ0v) is 13.1. The molecule has 0 aromatic rings. The zero-order valence-electron chi connectivity index (χ0n) is 12.3. The summed E-state index contributed by atoms with van der Waals surface area (Å²) in [6.07, 6.45) is 9.65. The predicted molar refractivity (Wildman–Crippen MR) is 81.9 cm³/mol. The van der Waals surface area contributed by atoms with Gasteiger partial charge in [-0.15, -0.1) is 0 Å². The first kappa shape index (κ1) is 13.6. The molecule has 2 aliphatic carbocycles. The van der Waals surface area contributed by atoms with Crippen LogP contribution in [0.15, 0.2) is 0 Å². The van der Waals surface area contributed by atoms with E-state index in [2.05, 4.69) is 0 Å². The minimum atomic E-state index is 0.0674. The number of Topliss-reactive ketones (excluding diaryl/α,β-unsaturated/α-hetero) is 1. The zero-order chi connectivity index (χ0) is 13.6. The molecule has 2 saturated heterocycles. The number of ketones is 1. The van der Waals surface area contributed by atoms with Gasteiger partial charge in [-0.1, -0.05) is 6.42 Å². The van der Waals surface area contributed by atoms with Gasteiger partial charge in [0.2, 0.25) is 0 Å². The lowest BCUT2D eigenvalue weighted by molar-refractivity contribution is -0.135. The smallest absolute Gasteiger partial charge is 0.136 e. The van der Waals surface area contributed by atoms with Crippen LogP contribution in [0.5, 0.6) is 0 Å². The van der Waals surface area contributed by atoms with Crippen molar-refractivity contribution in [2.45, 2.75) is 57.0 Å². The van der Waals surface area contributed by atoms with Crippen LogP contribution in [-0.2, 0) is 9.53 Å². The van der Waals surface area contributed by atoms with Crippen LogP contribution in [0.3, 0.4) is 0 Å². The number of rotatable bonds is 3. The maximum Gasteiger partial charge on any atom is 0.136 e. The molecule has 4 rings (SSSR count). The Morgan fingerprint density at radius 3 is 2.90 bits per heavy atom. The fraction of sp³-hybridized carbons (Fsp3) is 0.941. The van der Waals surface area contributed by atoms with Crippen LogP contribution < -0.4 is 0 Å². The Labute approximate surface area is 126 Å². The fourth-order valence-corrected chi connectivity index (χ4v) is 6.60. The summed E-state index contributed by atoms with van der Waals surface area (Å²) in [6.45, 7) is 0.813. The van der Waals surface area contributed by atoms with E-state index in [1.54, 1.807) is 0 Å². The van der Waals surface area contributed by atoms with Crippen LogP contribution in [0.2, 0.25) is 0 Å². The summed E-state index contributed by atoms with van der Waals surface area (Å²) in [5, 5.41) is 0. The van der Waals surface area contributed by atoms with E-state index < -0.39 is 0 Å². The highest BCUT2D eigenvalue weighted by Gasteiger charge is 2.44. The van der Waals surface area contributed by atoms with E-state index >= 15 is 0 Å². The highest BCUT2D eigenvalue weighted by atomic mass is 32.2. The number of ether oxygens (including phenoxy) is 1. The molecule has 0 radical (unpaired) electrons. The summed E-state index contributed by atoms with van der Waals surface area (Å²) in [5.41, 5.74) is 0.0674. The van der Waals surface area contributed by atoms with Crippen molar-refractivity contribution in [3.63, 3.8) is 0 Å². The van der Waals surface area contributed by atoms with Crippen molar-refractivity contribution in [3.05, 3.63) is 0 Å². The Morgan fingerprint density at radius 1 is 1.25 bits per heavy atom. The molecule has 2 nitrogen and oxygen atoms in total. The molecule has 0 aromatic heterocycles. The second-order valence-corrected chi connectivity index (χ2v) is 8.73. The highest BCUT2D eigenvalue weighted by molar-refractivity contribution is 7.99. The summed E-state index contributed by atoms with van der Waals surface area (Å²) in [7, 11) is 0. The molecule has 112 valence electrons. The van der Waals surface area contributed by atoms with Gasteiger partial charge < -0.3 is 4.74 Å². The van der Waals surface area contributed by atoms with Crippen molar-refractivity contribution in [1.82, 2.24) is 0 Å². The predicted octanol–water partition coefficient (Wildman–Crippen LogP) is 3.68. The summed E-state index contributed by atoms with van der Waals surface area (Å²) >= 11 is 2.00. The van der Waals surface area contributed by atoms with Gasteiger partial charge in [0.05, 0.1) is 5.60 Å². The van der Waals surface area contributed by atoms with Gasteiger partial charge in [0.25, 0.3) is 0 Å². The number of carbonyl (C=O) groups is 1. The van der Waals surface area contributed by atoms with Crippen LogP contribution >= 0.6 is 11.8 Å². The second-order valence-electron chi connectivity index (χ2n) is 7.63. The SMILES string of the molecule is O=C(CC1CC2CCC1C2)C1CCOC2(CCSC2)C1. The third-order valence-corrected chi connectivity index (χ3v) is 7.59. The fourth-order valence-electron chi connectivity index (χ4n) is 5.22. The highest BCUT2D eigenvalue weighted by Crippen LogP contribution is 2.50. The normalized spacial score (nSPS) is 47.2.